The lowest BCUT2D eigenvalue weighted by molar-refractivity contribution is 0.0142. The smallest absolute Gasteiger partial charge is 0.394 e. The van der Waals surface area contributed by atoms with Gasteiger partial charge in [-0.25, -0.2) is 22.4 Å². The minimum atomic E-state index is -3.24. The third kappa shape index (κ3) is 4.24. The van der Waals surface area contributed by atoms with Crippen LogP contribution in [0.25, 0.3) is 0 Å². The first-order valence-corrected chi connectivity index (χ1v) is 6.93. The van der Waals surface area contributed by atoms with Crippen LogP contribution in [-0.2, 0) is 11.8 Å². The van der Waals surface area contributed by atoms with E-state index in [9.17, 15) is 22.4 Å². The molecule has 24 heavy (non-hydrogen) atoms. The van der Waals surface area contributed by atoms with Crippen molar-refractivity contribution in [3.63, 3.8) is 0 Å². The zero-order valence-electron chi connectivity index (χ0n) is 12.9. The van der Waals surface area contributed by atoms with Gasteiger partial charge in [-0.2, -0.15) is 0 Å². The number of hydrogen-bond acceptors (Lipinski definition) is 3. The van der Waals surface area contributed by atoms with Crippen molar-refractivity contribution in [2.45, 2.75) is 25.7 Å². The lowest BCUT2D eigenvalue weighted by atomic mass is 10.1. The van der Waals surface area contributed by atoms with Gasteiger partial charge in [0.1, 0.15) is 11.5 Å². The van der Waals surface area contributed by atoms with Crippen LogP contribution in [0.2, 0.25) is 0 Å². The highest BCUT2D eigenvalue weighted by atomic mass is 19.3. The molecule has 2 aromatic rings. The zero-order chi connectivity index (χ0) is 18.0. The zero-order valence-corrected chi connectivity index (χ0v) is 12.9. The summed E-state index contributed by atoms with van der Waals surface area (Å²) in [4.78, 5) is 11.8. The minimum Gasteiger partial charge on any atom is -0.394 e. The molecule has 0 atom stereocenters. The molecule has 0 aliphatic heterocycles. The summed E-state index contributed by atoms with van der Waals surface area (Å²) < 4.78 is 63.4. The molecule has 0 aliphatic rings. The van der Waals surface area contributed by atoms with Crippen LogP contribution >= 0.6 is 0 Å². The molecule has 0 aliphatic carbocycles. The second-order valence-electron chi connectivity index (χ2n) is 5.22. The lowest BCUT2D eigenvalue weighted by Gasteiger charge is -2.17. The topological polar surface area (TPSA) is 35.5 Å². The van der Waals surface area contributed by atoms with Gasteiger partial charge in [-0.05, 0) is 24.3 Å². The summed E-state index contributed by atoms with van der Waals surface area (Å²) in [6.45, 7) is 1.29. The molecule has 0 fully saturated rings. The predicted molar refractivity (Wildman–Crippen MR) is 78.7 cm³/mol. The van der Waals surface area contributed by atoms with Crippen LogP contribution in [0.15, 0.2) is 48.5 Å². The summed E-state index contributed by atoms with van der Waals surface area (Å²) in [5, 5.41) is 0. The fraction of sp³-hybridized carbons (Fsp3) is 0.235. The van der Waals surface area contributed by atoms with Crippen LogP contribution in [0.1, 0.15) is 25.0 Å². The molecule has 3 nitrogen and oxygen atoms in total. The van der Waals surface area contributed by atoms with Crippen molar-refractivity contribution in [1.82, 2.24) is 0 Å². The van der Waals surface area contributed by atoms with Crippen molar-refractivity contribution in [3.8, 4) is 11.5 Å². The van der Waals surface area contributed by atoms with Crippen LogP contribution in [0.3, 0.4) is 0 Å². The monoisotopic (exact) mass is 342 g/mol. The number of benzene rings is 2. The van der Waals surface area contributed by atoms with Crippen LogP contribution in [-0.4, -0.2) is 6.16 Å². The first kappa shape index (κ1) is 17.8. The maximum absolute atomic E-state index is 13.5. The molecule has 2 aromatic carbocycles. The number of para-hydroxylation sites is 2. The minimum absolute atomic E-state index is 0.407. The second-order valence-corrected chi connectivity index (χ2v) is 5.22. The summed E-state index contributed by atoms with van der Waals surface area (Å²) in [6, 6.07) is 10.0. The molecule has 0 radical (unpaired) electrons. The number of alkyl halides is 4. The molecular weight excluding hydrogens is 328 g/mol. The Labute approximate surface area is 135 Å². The standard InChI is InChI=1S/C17H14F4O3/c1-16(18,19)11-7-3-5-9-13(11)23-15(22)24-14-10-6-4-8-12(14)17(2,20)21/h3-10H,1-2H3. The fourth-order valence-corrected chi connectivity index (χ4v) is 2.04. The molecule has 2 rings (SSSR count). The van der Waals surface area contributed by atoms with E-state index in [2.05, 4.69) is 0 Å². The molecular formula is C17H14F4O3. The number of halogens is 4. The van der Waals surface area contributed by atoms with E-state index in [4.69, 9.17) is 9.47 Å². The van der Waals surface area contributed by atoms with Crippen molar-refractivity contribution in [3.05, 3.63) is 59.7 Å². The van der Waals surface area contributed by atoms with Crippen LogP contribution in [0.5, 0.6) is 11.5 Å². The number of carbonyl (C=O) groups excluding carboxylic acids is 1. The van der Waals surface area contributed by atoms with Crippen molar-refractivity contribution in [2.24, 2.45) is 0 Å². The largest absolute Gasteiger partial charge is 0.519 e. The molecule has 0 unspecified atom stereocenters. The van der Waals surface area contributed by atoms with E-state index in [-0.39, 0.29) is 0 Å². The van der Waals surface area contributed by atoms with Crippen molar-refractivity contribution in [1.29, 1.82) is 0 Å². The van der Waals surface area contributed by atoms with Gasteiger partial charge >= 0.3 is 6.16 Å². The third-order valence-corrected chi connectivity index (χ3v) is 3.11. The Morgan fingerprint density at radius 2 is 1.08 bits per heavy atom. The maximum Gasteiger partial charge on any atom is 0.519 e. The molecule has 128 valence electrons. The molecule has 0 saturated heterocycles. The summed E-state index contributed by atoms with van der Waals surface area (Å²) in [6.07, 6.45) is -1.39. The van der Waals surface area contributed by atoms with Gasteiger partial charge in [-0.15, -0.1) is 0 Å². The van der Waals surface area contributed by atoms with E-state index in [1.54, 1.807) is 0 Å². The van der Waals surface area contributed by atoms with Gasteiger partial charge < -0.3 is 9.47 Å². The third-order valence-electron chi connectivity index (χ3n) is 3.11. The Bertz CT molecular complexity index is 672. The maximum atomic E-state index is 13.5. The number of hydrogen-bond donors (Lipinski definition) is 0. The van der Waals surface area contributed by atoms with Crippen molar-refractivity contribution < 1.29 is 31.8 Å². The van der Waals surface area contributed by atoms with E-state index < -0.39 is 40.6 Å². The quantitative estimate of drug-likeness (QED) is 0.419. The summed E-state index contributed by atoms with van der Waals surface area (Å²) >= 11 is 0. The Morgan fingerprint density at radius 1 is 0.750 bits per heavy atom. The summed E-state index contributed by atoms with van der Waals surface area (Å²) in [7, 11) is 0. The molecule has 0 heterocycles. The van der Waals surface area contributed by atoms with E-state index in [1.807, 2.05) is 0 Å². The average Bonchev–Trinajstić information content (AvgIpc) is 2.46. The van der Waals surface area contributed by atoms with Gasteiger partial charge in [0, 0.05) is 13.8 Å². The SMILES string of the molecule is CC(F)(F)c1ccccc1OC(=O)Oc1ccccc1C(C)(F)F. The molecule has 0 aromatic heterocycles. The number of rotatable bonds is 4. The average molecular weight is 342 g/mol. The fourth-order valence-electron chi connectivity index (χ4n) is 2.04. The van der Waals surface area contributed by atoms with Crippen LogP contribution < -0.4 is 9.47 Å². The Kier molecular flexibility index (Phi) is 4.82. The molecule has 0 spiro atoms. The Morgan fingerprint density at radius 3 is 1.42 bits per heavy atom. The van der Waals surface area contributed by atoms with Crippen LogP contribution in [0.4, 0.5) is 22.4 Å². The molecule has 0 saturated carbocycles. The van der Waals surface area contributed by atoms with Gasteiger partial charge in [0.05, 0.1) is 11.1 Å². The highest BCUT2D eigenvalue weighted by molar-refractivity contribution is 5.68. The van der Waals surface area contributed by atoms with E-state index in [0.29, 0.717) is 13.8 Å². The number of carbonyl (C=O) groups is 1. The van der Waals surface area contributed by atoms with Crippen LogP contribution in [0, 0.1) is 0 Å². The van der Waals surface area contributed by atoms with E-state index in [0.717, 1.165) is 24.3 Å². The first-order valence-electron chi connectivity index (χ1n) is 6.93. The normalized spacial score (nSPS) is 11.9. The lowest BCUT2D eigenvalue weighted by Crippen LogP contribution is -2.19. The highest BCUT2D eigenvalue weighted by Crippen LogP contribution is 2.36. The predicted octanol–water partition coefficient (Wildman–Crippen LogP) is 5.49. The highest BCUT2D eigenvalue weighted by Gasteiger charge is 2.31. The number of ether oxygens (including phenoxy) is 2. The van der Waals surface area contributed by atoms with Gasteiger partial charge in [-0.3, -0.25) is 0 Å². The molecule has 0 N–H and O–H groups in total. The Balaban J connectivity index is 2.22. The van der Waals surface area contributed by atoms with E-state index >= 15 is 0 Å². The van der Waals surface area contributed by atoms with Crippen molar-refractivity contribution in [2.75, 3.05) is 0 Å². The summed E-state index contributed by atoms with van der Waals surface area (Å²) in [5.41, 5.74) is -1.04. The van der Waals surface area contributed by atoms with Gasteiger partial charge in [-0.1, -0.05) is 24.3 Å². The molecule has 0 amide bonds. The van der Waals surface area contributed by atoms with E-state index in [1.165, 1.54) is 24.3 Å². The van der Waals surface area contributed by atoms with Gasteiger partial charge in [0.15, 0.2) is 0 Å². The van der Waals surface area contributed by atoms with Gasteiger partial charge in [0.2, 0.25) is 0 Å². The van der Waals surface area contributed by atoms with Gasteiger partial charge in [0.25, 0.3) is 11.8 Å². The summed E-state index contributed by atoms with van der Waals surface area (Å²) in [5.74, 6) is -7.30. The Hall–Kier alpha value is -2.57. The molecule has 0 bridgehead atoms. The first-order chi connectivity index (χ1) is 11.1. The van der Waals surface area contributed by atoms with Crippen molar-refractivity contribution >= 4 is 6.16 Å². The second kappa shape index (κ2) is 6.51. The molecule has 7 heteroatoms.